The van der Waals surface area contributed by atoms with Crippen molar-refractivity contribution < 1.29 is 23.0 Å². The zero-order chi connectivity index (χ0) is 28.4. The first-order chi connectivity index (χ1) is 19.3. The van der Waals surface area contributed by atoms with Crippen molar-refractivity contribution in [2.45, 2.75) is 13.5 Å². The van der Waals surface area contributed by atoms with Gasteiger partial charge < -0.3 is 14.8 Å². The largest absolute Gasteiger partial charge is 0.497 e. The number of amides is 1. The molecule has 0 unspecified atom stereocenters. The highest BCUT2D eigenvalue weighted by Crippen LogP contribution is 2.33. The number of fused-ring (bicyclic) bond motifs is 1. The standard InChI is InChI=1S/C28H21F2N5O5/c1-3-34-28(38)35(18-11-9-17(29)10-12-18)27(37)24(33-34)26(36)32-21-6-4-5-20(30)25(21)40-23-14-8-16-7-13-19(39-2)15-22(16)31-23/h4-15H,3H2,1-2H3,(H,32,36). The Morgan fingerprint density at radius 1 is 1.00 bits per heavy atom. The van der Waals surface area contributed by atoms with Gasteiger partial charge in [0.2, 0.25) is 11.6 Å². The molecule has 0 radical (unpaired) electrons. The number of nitrogens with zero attached hydrogens (tertiary/aromatic N) is 4. The van der Waals surface area contributed by atoms with Crippen LogP contribution in [0.1, 0.15) is 17.4 Å². The number of aromatic nitrogens is 4. The van der Waals surface area contributed by atoms with Crippen LogP contribution in [0.4, 0.5) is 14.5 Å². The first-order valence-corrected chi connectivity index (χ1v) is 12.0. The molecule has 0 atom stereocenters. The SMILES string of the molecule is CCn1nc(C(=O)Nc2cccc(F)c2Oc2ccc3ccc(OC)cc3n2)c(=O)n(-c2ccc(F)cc2)c1=O. The number of aryl methyl sites for hydroxylation is 1. The van der Waals surface area contributed by atoms with Crippen LogP contribution in [0.2, 0.25) is 0 Å². The maximum Gasteiger partial charge on any atom is 0.352 e. The fraction of sp³-hybridized carbons (Fsp3) is 0.107. The van der Waals surface area contributed by atoms with Gasteiger partial charge in [-0.15, -0.1) is 0 Å². The number of anilines is 1. The van der Waals surface area contributed by atoms with Gasteiger partial charge in [-0.2, -0.15) is 5.10 Å². The molecule has 0 saturated heterocycles. The third-order valence-electron chi connectivity index (χ3n) is 5.93. The maximum absolute atomic E-state index is 14.9. The predicted octanol–water partition coefficient (Wildman–Crippen LogP) is 4.29. The molecule has 0 saturated carbocycles. The molecule has 3 aromatic carbocycles. The van der Waals surface area contributed by atoms with Crippen LogP contribution >= 0.6 is 0 Å². The van der Waals surface area contributed by atoms with Crippen molar-refractivity contribution >= 4 is 22.5 Å². The Bertz CT molecular complexity index is 1870. The second kappa shape index (κ2) is 10.8. The first kappa shape index (κ1) is 26.2. The highest BCUT2D eigenvalue weighted by atomic mass is 19.1. The summed E-state index contributed by atoms with van der Waals surface area (Å²) in [5, 5.41) is 7.14. The van der Waals surface area contributed by atoms with Crippen molar-refractivity contribution in [1.29, 1.82) is 0 Å². The smallest absolute Gasteiger partial charge is 0.352 e. The number of pyridine rings is 1. The molecule has 0 bridgehead atoms. The van der Waals surface area contributed by atoms with Crippen LogP contribution in [0.25, 0.3) is 16.6 Å². The zero-order valence-corrected chi connectivity index (χ0v) is 21.2. The average molecular weight is 546 g/mol. The minimum Gasteiger partial charge on any atom is -0.497 e. The van der Waals surface area contributed by atoms with E-state index in [-0.39, 0.29) is 29.5 Å². The van der Waals surface area contributed by atoms with Gasteiger partial charge in [-0.25, -0.2) is 27.8 Å². The summed E-state index contributed by atoms with van der Waals surface area (Å²) in [6, 6.07) is 17.0. The van der Waals surface area contributed by atoms with Crippen molar-refractivity contribution in [3.8, 4) is 23.1 Å². The van der Waals surface area contributed by atoms with Crippen LogP contribution in [0, 0.1) is 11.6 Å². The lowest BCUT2D eigenvalue weighted by Crippen LogP contribution is -2.44. The van der Waals surface area contributed by atoms with Gasteiger partial charge in [0, 0.05) is 24.1 Å². The number of halogens is 2. The summed E-state index contributed by atoms with van der Waals surface area (Å²) in [6.07, 6.45) is 0. The van der Waals surface area contributed by atoms with Gasteiger partial charge in [-0.05, 0) is 61.5 Å². The van der Waals surface area contributed by atoms with E-state index in [1.807, 2.05) is 0 Å². The van der Waals surface area contributed by atoms with Crippen molar-refractivity contribution in [1.82, 2.24) is 19.3 Å². The molecule has 10 nitrogen and oxygen atoms in total. The second-order valence-electron chi connectivity index (χ2n) is 8.44. The van der Waals surface area contributed by atoms with E-state index < -0.39 is 34.5 Å². The molecule has 0 fully saturated rings. The van der Waals surface area contributed by atoms with E-state index in [0.717, 1.165) is 28.3 Å². The van der Waals surface area contributed by atoms with Crippen molar-refractivity contribution in [3.63, 3.8) is 0 Å². The number of carbonyl (C=O) groups is 1. The minimum atomic E-state index is -1.04. The van der Waals surface area contributed by atoms with Crippen LogP contribution in [0.15, 0.2) is 82.4 Å². The molecule has 5 rings (SSSR count). The van der Waals surface area contributed by atoms with E-state index in [1.165, 1.54) is 37.4 Å². The molecule has 202 valence electrons. The molecule has 0 spiro atoms. The Hall–Kier alpha value is -5.39. The second-order valence-corrected chi connectivity index (χ2v) is 8.44. The van der Waals surface area contributed by atoms with Crippen LogP contribution in [0.3, 0.4) is 0 Å². The van der Waals surface area contributed by atoms with Crippen LogP contribution in [0.5, 0.6) is 17.4 Å². The molecule has 0 aliphatic heterocycles. The molecular formula is C28H21F2N5O5. The Labute approximate surface area is 225 Å². The molecule has 0 aliphatic carbocycles. The third kappa shape index (κ3) is 5.01. The minimum absolute atomic E-state index is 0.0351. The first-order valence-electron chi connectivity index (χ1n) is 12.0. The Kier molecular flexibility index (Phi) is 7.06. The molecule has 0 aliphatic rings. The number of carbonyl (C=O) groups excluding carboxylic acids is 1. The highest BCUT2D eigenvalue weighted by molar-refractivity contribution is 6.03. The Balaban J connectivity index is 1.52. The summed E-state index contributed by atoms with van der Waals surface area (Å²) in [4.78, 5) is 43.7. The molecule has 40 heavy (non-hydrogen) atoms. The number of nitrogens with one attached hydrogen (secondary N) is 1. The summed E-state index contributed by atoms with van der Waals surface area (Å²) in [6.45, 7) is 1.63. The monoisotopic (exact) mass is 545 g/mol. The lowest BCUT2D eigenvalue weighted by molar-refractivity contribution is 0.101. The van der Waals surface area contributed by atoms with E-state index in [1.54, 1.807) is 31.2 Å². The maximum atomic E-state index is 14.9. The fourth-order valence-electron chi connectivity index (χ4n) is 3.94. The number of para-hydroxylation sites is 1. The number of hydrogen-bond acceptors (Lipinski definition) is 7. The van der Waals surface area contributed by atoms with Crippen molar-refractivity contribution in [3.05, 3.63) is 111 Å². The Morgan fingerprint density at radius 3 is 2.48 bits per heavy atom. The molecule has 2 aromatic heterocycles. The van der Waals surface area contributed by atoms with Gasteiger partial charge in [-0.1, -0.05) is 6.07 Å². The molecule has 12 heteroatoms. The van der Waals surface area contributed by atoms with Crippen LogP contribution in [-0.4, -0.2) is 32.3 Å². The number of rotatable bonds is 7. The van der Waals surface area contributed by atoms with Gasteiger partial charge in [0.15, 0.2) is 11.6 Å². The summed E-state index contributed by atoms with van der Waals surface area (Å²) >= 11 is 0. The van der Waals surface area contributed by atoms with Gasteiger partial charge in [-0.3, -0.25) is 9.59 Å². The van der Waals surface area contributed by atoms with E-state index in [2.05, 4.69) is 15.4 Å². The molecule has 2 heterocycles. The number of ether oxygens (including phenoxy) is 2. The number of methoxy groups -OCH3 is 1. The molecular weight excluding hydrogens is 524 g/mol. The zero-order valence-electron chi connectivity index (χ0n) is 21.2. The average Bonchev–Trinajstić information content (AvgIpc) is 2.95. The van der Waals surface area contributed by atoms with E-state index in [9.17, 15) is 23.2 Å². The van der Waals surface area contributed by atoms with Gasteiger partial charge in [0.1, 0.15) is 11.6 Å². The van der Waals surface area contributed by atoms with Crippen molar-refractivity contribution in [2.75, 3.05) is 12.4 Å². The van der Waals surface area contributed by atoms with Crippen LogP contribution < -0.4 is 26.0 Å². The molecule has 1 N–H and O–H groups in total. The van der Waals surface area contributed by atoms with Crippen LogP contribution in [-0.2, 0) is 6.54 Å². The summed E-state index contributed by atoms with van der Waals surface area (Å²) in [5.41, 5.74) is -2.03. The predicted molar refractivity (Wildman–Crippen MR) is 142 cm³/mol. The van der Waals surface area contributed by atoms with E-state index >= 15 is 0 Å². The van der Waals surface area contributed by atoms with E-state index in [4.69, 9.17) is 9.47 Å². The van der Waals surface area contributed by atoms with Gasteiger partial charge in [0.05, 0.1) is 24.0 Å². The summed E-state index contributed by atoms with van der Waals surface area (Å²) in [5.74, 6) is -2.14. The van der Waals surface area contributed by atoms with Gasteiger partial charge >= 0.3 is 5.69 Å². The van der Waals surface area contributed by atoms with Gasteiger partial charge in [0.25, 0.3) is 11.5 Å². The molecule has 1 amide bonds. The summed E-state index contributed by atoms with van der Waals surface area (Å²) < 4.78 is 40.9. The highest BCUT2D eigenvalue weighted by Gasteiger charge is 2.22. The third-order valence-corrected chi connectivity index (χ3v) is 5.93. The number of benzene rings is 3. The quantitative estimate of drug-likeness (QED) is 0.324. The topological polar surface area (TPSA) is 117 Å². The normalized spacial score (nSPS) is 10.9. The lowest BCUT2D eigenvalue weighted by atomic mass is 10.2. The number of hydrogen-bond donors (Lipinski definition) is 1. The summed E-state index contributed by atoms with van der Waals surface area (Å²) in [7, 11) is 1.52. The van der Waals surface area contributed by atoms with Crippen molar-refractivity contribution in [2.24, 2.45) is 0 Å². The van der Waals surface area contributed by atoms with E-state index in [0.29, 0.717) is 15.8 Å². The molecule has 5 aromatic rings. The fourth-order valence-corrected chi connectivity index (χ4v) is 3.94. The Morgan fingerprint density at radius 2 is 1.75 bits per heavy atom. The lowest BCUT2D eigenvalue weighted by Gasteiger charge is -2.14.